The summed E-state index contributed by atoms with van der Waals surface area (Å²) in [6, 6.07) is 14.4. The first kappa shape index (κ1) is 15.4. The van der Waals surface area contributed by atoms with Crippen LogP contribution in [0.2, 0.25) is 0 Å². The number of fused-ring (bicyclic) bond motifs is 1. The molecule has 1 amide bonds. The molecule has 0 saturated carbocycles. The third kappa shape index (κ3) is 3.27. The van der Waals surface area contributed by atoms with E-state index in [2.05, 4.69) is 10.5 Å². The number of phenols is 3. The van der Waals surface area contributed by atoms with E-state index in [0.717, 1.165) is 10.8 Å². The van der Waals surface area contributed by atoms with Crippen molar-refractivity contribution in [2.45, 2.75) is 0 Å². The molecule has 24 heavy (non-hydrogen) atoms. The van der Waals surface area contributed by atoms with Gasteiger partial charge in [0, 0.05) is 11.6 Å². The number of phenolic OH excluding ortho intramolecular Hbond substituents is 3. The molecule has 0 spiro atoms. The largest absolute Gasteiger partial charge is 0.508 e. The van der Waals surface area contributed by atoms with Crippen LogP contribution in [0.15, 0.2) is 59.7 Å². The zero-order valence-corrected chi connectivity index (χ0v) is 12.5. The van der Waals surface area contributed by atoms with Crippen LogP contribution in [0.4, 0.5) is 0 Å². The van der Waals surface area contributed by atoms with Gasteiger partial charge in [0.25, 0.3) is 5.91 Å². The summed E-state index contributed by atoms with van der Waals surface area (Å²) < 4.78 is 0. The molecular weight excluding hydrogens is 308 g/mol. The topological polar surface area (TPSA) is 102 Å². The van der Waals surface area contributed by atoms with Crippen molar-refractivity contribution < 1.29 is 20.1 Å². The molecule has 0 fully saturated rings. The number of carbonyl (C=O) groups is 1. The van der Waals surface area contributed by atoms with E-state index in [1.165, 1.54) is 30.5 Å². The van der Waals surface area contributed by atoms with Crippen molar-refractivity contribution in [3.63, 3.8) is 0 Å². The van der Waals surface area contributed by atoms with Gasteiger partial charge in [-0.3, -0.25) is 4.79 Å². The van der Waals surface area contributed by atoms with E-state index >= 15 is 0 Å². The number of carbonyl (C=O) groups excluding carboxylic acids is 1. The van der Waals surface area contributed by atoms with Crippen molar-refractivity contribution in [3.8, 4) is 17.2 Å². The lowest BCUT2D eigenvalue weighted by Gasteiger charge is -2.05. The van der Waals surface area contributed by atoms with Crippen LogP contribution in [0.3, 0.4) is 0 Å². The second-order valence-electron chi connectivity index (χ2n) is 5.20. The summed E-state index contributed by atoms with van der Waals surface area (Å²) in [5.74, 6) is -0.944. The van der Waals surface area contributed by atoms with E-state index < -0.39 is 5.91 Å². The monoisotopic (exact) mass is 322 g/mol. The molecule has 3 rings (SSSR count). The van der Waals surface area contributed by atoms with Crippen molar-refractivity contribution in [2.75, 3.05) is 0 Å². The van der Waals surface area contributed by atoms with Gasteiger partial charge in [-0.2, -0.15) is 5.10 Å². The van der Waals surface area contributed by atoms with Crippen LogP contribution in [0.1, 0.15) is 15.9 Å². The number of amides is 1. The zero-order valence-electron chi connectivity index (χ0n) is 12.5. The first-order valence-corrected chi connectivity index (χ1v) is 7.11. The Labute approximate surface area is 137 Å². The number of nitrogens with one attached hydrogen (secondary N) is 1. The van der Waals surface area contributed by atoms with E-state index in [-0.39, 0.29) is 22.8 Å². The molecule has 0 saturated heterocycles. The van der Waals surface area contributed by atoms with E-state index in [9.17, 15) is 20.1 Å². The van der Waals surface area contributed by atoms with Gasteiger partial charge in [-0.25, -0.2) is 5.43 Å². The van der Waals surface area contributed by atoms with Gasteiger partial charge in [0.2, 0.25) is 0 Å². The Kier molecular flexibility index (Phi) is 4.03. The van der Waals surface area contributed by atoms with Crippen molar-refractivity contribution >= 4 is 22.9 Å². The van der Waals surface area contributed by atoms with Gasteiger partial charge in [-0.1, -0.05) is 24.3 Å². The molecule has 0 heterocycles. The first-order chi connectivity index (χ1) is 11.5. The Morgan fingerprint density at radius 1 is 0.917 bits per heavy atom. The van der Waals surface area contributed by atoms with E-state index in [4.69, 9.17) is 0 Å². The van der Waals surface area contributed by atoms with Crippen LogP contribution in [0.25, 0.3) is 10.8 Å². The fourth-order valence-corrected chi connectivity index (χ4v) is 2.33. The molecule has 0 atom stereocenters. The van der Waals surface area contributed by atoms with Crippen LogP contribution in [-0.2, 0) is 0 Å². The maximum Gasteiger partial charge on any atom is 0.275 e. The number of hydrazone groups is 1. The zero-order chi connectivity index (χ0) is 17.1. The highest BCUT2D eigenvalue weighted by Crippen LogP contribution is 2.25. The number of hydrogen-bond donors (Lipinski definition) is 4. The smallest absolute Gasteiger partial charge is 0.275 e. The number of nitrogens with zero attached hydrogens (tertiary/aromatic N) is 1. The van der Waals surface area contributed by atoms with Crippen molar-refractivity contribution in [2.24, 2.45) is 5.10 Å². The van der Waals surface area contributed by atoms with Crippen LogP contribution in [0, 0.1) is 0 Å². The van der Waals surface area contributed by atoms with Crippen LogP contribution < -0.4 is 5.43 Å². The summed E-state index contributed by atoms with van der Waals surface area (Å²) in [4.78, 5) is 12.1. The van der Waals surface area contributed by atoms with Gasteiger partial charge in [-0.15, -0.1) is 0 Å². The van der Waals surface area contributed by atoms with E-state index in [1.807, 2.05) is 24.3 Å². The minimum Gasteiger partial charge on any atom is -0.508 e. The number of hydrogen-bond acceptors (Lipinski definition) is 5. The highest BCUT2D eigenvalue weighted by Gasteiger charge is 2.11. The SMILES string of the molecule is O=C(N/N=C/c1cc(O)cc(O)c1)c1cc2ccccc2cc1O. The number of aromatic hydroxyl groups is 3. The normalized spacial score (nSPS) is 11.0. The molecule has 0 radical (unpaired) electrons. The Morgan fingerprint density at radius 2 is 1.54 bits per heavy atom. The third-order valence-electron chi connectivity index (χ3n) is 3.41. The molecule has 120 valence electrons. The van der Waals surface area contributed by atoms with Crippen molar-refractivity contribution in [3.05, 3.63) is 65.7 Å². The maximum absolute atomic E-state index is 12.1. The highest BCUT2D eigenvalue weighted by molar-refractivity contribution is 6.01. The first-order valence-electron chi connectivity index (χ1n) is 7.11. The molecule has 0 aromatic heterocycles. The van der Waals surface area contributed by atoms with E-state index in [1.54, 1.807) is 6.07 Å². The summed E-state index contributed by atoms with van der Waals surface area (Å²) in [5, 5.41) is 34.1. The van der Waals surface area contributed by atoms with Gasteiger partial charge in [0.15, 0.2) is 0 Å². The van der Waals surface area contributed by atoms with Gasteiger partial charge >= 0.3 is 0 Å². The Hall–Kier alpha value is -3.54. The quantitative estimate of drug-likeness (QED) is 0.440. The second-order valence-corrected chi connectivity index (χ2v) is 5.20. The predicted molar refractivity (Wildman–Crippen MR) is 90.4 cm³/mol. The summed E-state index contributed by atoms with van der Waals surface area (Å²) >= 11 is 0. The second kappa shape index (κ2) is 6.29. The lowest BCUT2D eigenvalue weighted by molar-refractivity contribution is 0.0952. The molecule has 0 aliphatic heterocycles. The maximum atomic E-state index is 12.1. The molecule has 3 aromatic rings. The minimum absolute atomic E-state index is 0.101. The van der Waals surface area contributed by atoms with Crippen LogP contribution in [0.5, 0.6) is 17.2 Å². The molecule has 0 bridgehead atoms. The molecule has 6 heteroatoms. The summed E-state index contributed by atoms with van der Waals surface area (Å²) in [7, 11) is 0. The molecule has 6 nitrogen and oxygen atoms in total. The average Bonchev–Trinajstić information content (AvgIpc) is 2.53. The van der Waals surface area contributed by atoms with Gasteiger partial charge in [-0.05, 0) is 35.0 Å². The summed E-state index contributed by atoms with van der Waals surface area (Å²) in [6.45, 7) is 0. The van der Waals surface area contributed by atoms with Crippen LogP contribution >= 0.6 is 0 Å². The van der Waals surface area contributed by atoms with E-state index in [0.29, 0.717) is 5.56 Å². The van der Waals surface area contributed by atoms with Crippen LogP contribution in [-0.4, -0.2) is 27.4 Å². The van der Waals surface area contributed by atoms with Crippen molar-refractivity contribution in [1.29, 1.82) is 0 Å². The molecule has 4 N–H and O–H groups in total. The predicted octanol–water partition coefficient (Wildman–Crippen LogP) is 2.72. The highest BCUT2D eigenvalue weighted by atomic mass is 16.3. The molecular formula is C18H14N2O4. The van der Waals surface area contributed by atoms with Crippen molar-refractivity contribution in [1.82, 2.24) is 5.43 Å². The van der Waals surface area contributed by atoms with Gasteiger partial charge in [0.1, 0.15) is 17.2 Å². The molecule has 0 unspecified atom stereocenters. The fraction of sp³-hybridized carbons (Fsp3) is 0. The molecule has 3 aromatic carbocycles. The third-order valence-corrected chi connectivity index (χ3v) is 3.41. The molecule has 0 aliphatic rings. The number of rotatable bonds is 3. The lowest BCUT2D eigenvalue weighted by atomic mass is 10.1. The average molecular weight is 322 g/mol. The fourth-order valence-electron chi connectivity index (χ4n) is 2.33. The minimum atomic E-state index is -0.570. The number of benzene rings is 3. The Bertz CT molecular complexity index is 931. The summed E-state index contributed by atoms with van der Waals surface area (Å²) in [5.41, 5.74) is 2.81. The molecule has 0 aliphatic carbocycles. The van der Waals surface area contributed by atoms with Gasteiger partial charge < -0.3 is 15.3 Å². The lowest BCUT2D eigenvalue weighted by Crippen LogP contribution is -2.17. The Balaban J connectivity index is 1.79. The standard InChI is InChI=1S/C18H14N2O4/c21-14-5-11(6-15(22)9-14)10-19-20-18(24)16-7-12-3-1-2-4-13(12)8-17(16)23/h1-10,21-23H,(H,20,24)/b19-10+. The summed E-state index contributed by atoms with van der Waals surface area (Å²) in [6.07, 6.45) is 1.27. The van der Waals surface area contributed by atoms with Gasteiger partial charge in [0.05, 0.1) is 11.8 Å². The Morgan fingerprint density at radius 3 is 2.21 bits per heavy atom.